The summed E-state index contributed by atoms with van der Waals surface area (Å²) < 4.78 is 12.9. The van der Waals surface area contributed by atoms with Gasteiger partial charge in [0.25, 0.3) is 0 Å². The van der Waals surface area contributed by atoms with Gasteiger partial charge in [0.2, 0.25) is 0 Å². The van der Waals surface area contributed by atoms with Gasteiger partial charge in [-0.15, -0.1) is 0 Å². The maximum absolute atomic E-state index is 12.9. The molecule has 0 radical (unpaired) electrons. The summed E-state index contributed by atoms with van der Waals surface area (Å²) in [6.07, 6.45) is 1.15. The number of piperidine rings is 1. The molecule has 17 heavy (non-hydrogen) atoms. The van der Waals surface area contributed by atoms with Crippen molar-refractivity contribution in [3.8, 4) is 0 Å². The molecule has 2 unspecified atom stereocenters. The van der Waals surface area contributed by atoms with Crippen LogP contribution in [0.2, 0.25) is 5.02 Å². The van der Waals surface area contributed by atoms with E-state index in [9.17, 15) is 4.39 Å². The summed E-state index contributed by atoms with van der Waals surface area (Å²) in [5, 5.41) is 0.526. The van der Waals surface area contributed by atoms with Crippen LogP contribution in [0.5, 0.6) is 0 Å². The second kappa shape index (κ2) is 5.68. The van der Waals surface area contributed by atoms with Crippen molar-refractivity contribution >= 4 is 27.5 Å². The predicted octanol–water partition coefficient (Wildman–Crippen LogP) is 4.08. The molecule has 1 aliphatic heterocycles. The van der Waals surface area contributed by atoms with E-state index in [1.54, 1.807) is 6.07 Å². The Kier molecular flexibility index (Phi) is 4.45. The zero-order valence-corrected chi connectivity index (χ0v) is 12.1. The van der Waals surface area contributed by atoms with Crippen molar-refractivity contribution in [3.05, 3.63) is 34.6 Å². The molecule has 1 heterocycles. The summed E-state index contributed by atoms with van der Waals surface area (Å²) >= 11 is 9.73. The Labute approximate surface area is 115 Å². The van der Waals surface area contributed by atoms with Crippen LogP contribution in [0.1, 0.15) is 18.9 Å². The summed E-state index contributed by atoms with van der Waals surface area (Å²) in [6.45, 7) is 5.18. The molecular weight excluding hydrogens is 305 g/mol. The average molecular weight is 321 g/mol. The smallest absolute Gasteiger partial charge is 0.124 e. The molecule has 1 aromatic rings. The number of halogens is 3. The molecule has 0 amide bonds. The third kappa shape index (κ3) is 3.43. The van der Waals surface area contributed by atoms with Crippen LogP contribution in [-0.4, -0.2) is 22.8 Å². The van der Waals surface area contributed by atoms with Gasteiger partial charge in [-0.05, 0) is 36.6 Å². The molecule has 1 fully saturated rings. The number of likely N-dealkylation sites (tertiary alicyclic amines) is 1. The number of alkyl halides is 1. The van der Waals surface area contributed by atoms with Crippen LogP contribution in [0.25, 0.3) is 0 Å². The van der Waals surface area contributed by atoms with Crippen LogP contribution >= 0.6 is 27.5 Å². The standard InChI is InChI=1S/C13H16BrClFN/c1-9-7-17(5-4-12(9)14)8-10-2-3-11(16)6-13(10)15/h2-3,6,9,12H,4-5,7-8H2,1H3. The fourth-order valence-corrected chi connectivity index (χ4v) is 2.84. The highest BCUT2D eigenvalue weighted by atomic mass is 79.9. The molecule has 0 saturated carbocycles. The maximum Gasteiger partial charge on any atom is 0.124 e. The second-order valence-corrected chi connectivity index (χ2v) is 6.34. The van der Waals surface area contributed by atoms with Crippen LogP contribution in [0.4, 0.5) is 4.39 Å². The summed E-state index contributed by atoms with van der Waals surface area (Å²) in [6, 6.07) is 4.64. The van der Waals surface area contributed by atoms with Crippen molar-refractivity contribution in [2.24, 2.45) is 5.92 Å². The molecule has 1 saturated heterocycles. The minimum atomic E-state index is -0.272. The third-order valence-electron chi connectivity index (χ3n) is 3.29. The minimum absolute atomic E-state index is 0.272. The zero-order valence-electron chi connectivity index (χ0n) is 9.80. The maximum atomic E-state index is 12.9. The average Bonchev–Trinajstić information content (AvgIpc) is 2.27. The Morgan fingerprint density at radius 1 is 1.53 bits per heavy atom. The van der Waals surface area contributed by atoms with Crippen molar-refractivity contribution in [1.29, 1.82) is 0 Å². The molecular formula is C13H16BrClFN. The Hall–Kier alpha value is -0.120. The van der Waals surface area contributed by atoms with Crippen LogP contribution in [0.3, 0.4) is 0 Å². The first-order chi connectivity index (χ1) is 8.06. The number of hydrogen-bond donors (Lipinski definition) is 0. The van der Waals surface area contributed by atoms with Gasteiger partial charge in [-0.25, -0.2) is 4.39 Å². The third-order valence-corrected chi connectivity index (χ3v) is 5.01. The number of hydrogen-bond acceptors (Lipinski definition) is 1. The van der Waals surface area contributed by atoms with Crippen LogP contribution < -0.4 is 0 Å². The largest absolute Gasteiger partial charge is 0.299 e. The fourth-order valence-electron chi connectivity index (χ4n) is 2.24. The lowest BCUT2D eigenvalue weighted by molar-refractivity contribution is 0.183. The SMILES string of the molecule is CC1CN(Cc2ccc(F)cc2Cl)CCC1Br. The minimum Gasteiger partial charge on any atom is -0.299 e. The van der Waals surface area contributed by atoms with Gasteiger partial charge in [0.1, 0.15) is 5.82 Å². The monoisotopic (exact) mass is 319 g/mol. The molecule has 2 atom stereocenters. The van der Waals surface area contributed by atoms with E-state index >= 15 is 0 Å². The normalized spacial score (nSPS) is 26.1. The van der Waals surface area contributed by atoms with E-state index in [2.05, 4.69) is 27.8 Å². The van der Waals surface area contributed by atoms with E-state index in [0.717, 1.165) is 31.6 Å². The molecule has 1 aliphatic rings. The molecule has 94 valence electrons. The van der Waals surface area contributed by atoms with E-state index in [1.807, 2.05) is 0 Å². The summed E-state index contributed by atoms with van der Waals surface area (Å²) in [4.78, 5) is 2.99. The Bertz CT molecular complexity index is 399. The molecule has 0 bridgehead atoms. The molecule has 0 aromatic heterocycles. The van der Waals surface area contributed by atoms with Crippen molar-refractivity contribution in [2.75, 3.05) is 13.1 Å². The summed E-state index contributed by atoms with van der Waals surface area (Å²) in [5.74, 6) is 0.370. The van der Waals surface area contributed by atoms with Crippen molar-refractivity contribution in [2.45, 2.75) is 24.7 Å². The Morgan fingerprint density at radius 3 is 2.94 bits per heavy atom. The lowest BCUT2D eigenvalue weighted by atomic mass is 9.99. The fraction of sp³-hybridized carbons (Fsp3) is 0.538. The lowest BCUT2D eigenvalue weighted by Gasteiger charge is -2.34. The van der Waals surface area contributed by atoms with E-state index < -0.39 is 0 Å². The van der Waals surface area contributed by atoms with Crippen LogP contribution in [0.15, 0.2) is 18.2 Å². The van der Waals surface area contributed by atoms with E-state index in [0.29, 0.717) is 15.8 Å². The van der Waals surface area contributed by atoms with Gasteiger partial charge in [-0.3, -0.25) is 4.90 Å². The first kappa shape index (κ1) is 13.3. The number of nitrogens with zero attached hydrogens (tertiary/aromatic N) is 1. The molecule has 2 rings (SSSR count). The zero-order chi connectivity index (χ0) is 12.4. The number of benzene rings is 1. The summed E-state index contributed by atoms with van der Waals surface area (Å²) in [5.41, 5.74) is 1.01. The molecule has 4 heteroatoms. The Morgan fingerprint density at radius 2 is 2.29 bits per heavy atom. The van der Waals surface area contributed by atoms with Gasteiger partial charge in [-0.1, -0.05) is 40.5 Å². The van der Waals surface area contributed by atoms with Gasteiger partial charge in [0, 0.05) is 22.9 Å². The summed E-state index contributed by atoms with van der Waals surface area (Å²) in [7, 11) is 0. The van der Waals surface area contributed by atoms with Gasteiger partial charge in [0.05, 0.1) is 0 Å². The first-order valence-electron chi connectivity index (χ1n) is 5.86. The van der Waals surface area contributed by atoms with E-state index in [-0.39, 0.29) is 5.82 Å². The number of rotatable bonds is 2. The topological polar surface area (TPSA) is 3.24 Å². The van der Waals surface area contributed by atoms with Gasteiger partial charge in [-0.2, -0.15) is 0 Å². The molecule has 1 nitrogen and oxygen atoms in total. The van der Waals surface area contributed by atoms with Crippen molar-refractivity contribution in [1.82, 2.24) is 4.90 Å². The van der Waals surface area contributed by atoms with Crippen LogP contribution in [-0.2, 0) is 6.54 Å². The predicted molar refractivity (Wildman–Crippen MR) is 73.2 cm³/mol. The van der Waals surface area contributed by atoms with Gasteiger partial charge in [0.15, 0.2) is 0 Å². The van der Waals surface area contributed by atoms with Gasteiger partial charge < -0.3 is 0 Å². The van der Waals surface area contributed by atoms with Crippen molar-refractivity contribution < 1.29 is 4.39 Å². The van der Waals surface area contributed by atoms with E-state index in [4.69, 9.17) is 11.6 Å². The highest BCUT2D eigenvalue weighted by Crippen LogP contribution is 2.26. The van der Waals surface area contributed by atoms with Crippen molar-refractivity contribution in [3.63, 3.8) is 0 Å². The lowest BCUT2D eigenvalue weighted by Crippen LogP contribution is -2.39. The highest BCUT2D eigenvalue weighted by molar-refractivity contribution is 9.09. The highest BCUT2D eigenvalue weighted by Gasteiger charge is 2.24. The molecule has 1 aromatic carbocycles. The second-order valence-electron chi connectivity index (χ2n) is 4.75. The molecule has 0 aliphatic carbocycles. The van der Waals surface area contributed by atoms with Gasteiger partial charge >= 0.3 is 0 Å². The Balaban J connectivity index is 2.01. The van der Waals surface area contributed by atoms with Crippen LogP contribution in [0, 0.1) is 11.7 Å². The quantitative estimate of drug-likeness (QED) is 0.742. The first-order valence-corrected chi connectivity index (χ1v) is 7.16. The molecule has 0 spiro atoms. The van der Waals surface area contributed by atoms with E-state index in [1.165, 1.54) is 12.1 Å². The molecule has 0 N–H and O–H groups in total.